The molecule has 2 aliphatic heterocycles. The van der Waals surface area contributed by atoms with Gasteiger partial charge in [0.15, 0.2) is 5.69 Å². The predicted molar refractivity (Wildman–Crippen MR) is 332 cm³/mol. The molecule has 4 N–H and O–H groups in total. The highest BCUT2D eigenvalue weighted by molar-refractivity contribution is 6.04. The Balaban J connectivity index is 0.497. The minimum atomic E-state index is -2.75. The second kappa shape index (κ2) is 29.1. The predicted octanol–water partition coefficient (Wildman–Crippen LogP) is 3.96. The number of aryl methyl sites for hydroxylation is 1. The molecular weight excluding hydrogens is 1230 g/mol. The number of carbonyl (C=O) groups excluding carboxylic acids is 7. The second-order valence-electron chi connectivity index (χ2n) is 25.3. The third kappa shape index (κ3) is 14.9. The number of fused-ring (bicyclic) bond motifs is 4. The van der Waals surface area contributed by atoms with Gasteiger partial charge in [-0.05, 0) is 55.9 Å². The van der Waals surface area contributed by atoms with E-state index in [0.29, 0.717) is 155 Å². The number of rotatable bonds is 32. The number of methoxy groups -OCH3 is 1. The van der Waals surface area contributed by atoms with E-state index in [1.165, 1.54) is 25.1 Å². The fourth-order valence-corrected chi connectivity index (χ4v) is 13.5. The van der Waals surface area contributed by atoms with Gasteiger partial charge in [-0.1, -0.05) is 19.1 Å². The zero-order valence-corrected chi connectivity index (χ0v) is 53.4. The first kappa shape index (κ1) is 67.1. The van der Waals surface area contributed by atoms with E-state index in [1.54, 1.807) is 63.6 Å². The first-order valence-corrected chi connectivity index (χ1v) is 31.9. The largest absolute Gasteiger partial charge is 0.468 e. The van der Waals surface area contributed by atoms with Gasteiger partial charge in [-0.25, -0.2) is 13.2 Å². The maximum absolute atomic E-state index is 16.0. The Morgan fingerprint density at radius 3 is 2.17 bits per heavy atom. The number of halogens is 3. The SMILES string of the molecule is COC(=O)CNC(=O)CN(C)C(=O)Cn1nc(C2CC3(C2)CN(C(=O)CCC(=O)NCCOCCOCCOCCOCCOCCC(=O)N2CCC(n4cc(NC(=O)c5n[nH]c6c5C[C@H]5C(F)(F)[C@@]5(C)C6)cn4)CC2)C3)c2c(-c3cc4c(cnn4C)cc3F)cccc21. The molecular formula is C64H81F3N14O13. The van der Waals surface area contributed by atoms with E-state index in [-0.39, 0.29) is 112 Å². The Labute approximate surface area is 539 Å². The Kier molecular flexibility index (Phi) is 20.8. The van der Waals surface area contributed by atoms with E-state index in [4.69, 9.17) is 28.8 Å². The number of esters is 1. The van der Waals surface area contributed by atoms with Crippen LogP contribution in [0.3, 0.4) is 0 Å². The molecule has 1 spiro atoms. The lowest BCUT2D eigenvalue weighted by Crippen LogP contribution is -2.63. The molecule has 27 nitrogen and oxygen atoms in total. The summed E-state index contributed by atoms with van der Waals surface area (Å²) in [6, 6.07) is 8.72. The average molecular weight is 1310 g/mol. The van der Waals surface area contributed by atoms with Crippen LogP contribution in [0.25, 0.3) is 32.9 Å². The third-order valence-corrected chi connectivity index (χ3v) is 19.0. The number of ether oxygens (including phenoxy) is 6. The molecule has 94 heavy (non-hydrogen) atoms. The first-order valence-electron chi connectivity index (χ1n) is 31.9. The fourth-order valence-electron chi connectivity index (χ4n) is 13.5. The molecule has 2 saturated carbocycles. The zero-order chi connectivity index (χ0) is 66.3. The van der Waals surface area contributed by atoms with Crippen molar-refractivity contribution in [1.29, 1.82) is 0 Å². The average Bonchev–Trinajstić information content (AvgIpc) is 1.50. The van der Waals surface area contributed by atoms with E-state index < -0.39 is 46.8 Å². The number of hydrogen-bond acceptors (Lipinski definition) is 17. The third-order valence-electron chi connectivity index (χ3n) is 19.0. The number of likely N-dealkylation sites (tertiary alicyclic amines) is 2. The number of likely N-dealkylation sites (N-methyl/N-ethyl adjacent to an activating group) is 1. The van der Waals surface area contributed by atoms with Crippen LogP contribution in [0.1, 0.15) is 91.3 Å². The molecule has 6 aromatic rings. The van der Waals surface area contributed by atoms with Gasteiger partial charge < -0.3 is 59.1 Å². The van der Waals surface area contributed by atoms with E-state index in [9.17, 15) is 42.3 Å². The van der Waals surface area contributed by atoms with Crippen molar-refractivity contribution in [2.24, 2.45) is 23.8 Å². The lowest BCUT2D eigenvalue weighted by atomic mass is 9.56. The van der Waals surface area contributed by atoms with Crippen LogP contribution < -0.4 is 16.0 Å². The van der Waals surface area contributed by atoms with Crippen molar-refractivity contribution < 1.29 is 75.2 Å². The van der Waals surface area contributed by atoms with Crippen molar-refractivity contribution in [3.05, 3.63) is 77.4 Å². The number of aromatic nitrogens is 8. The highest BCUT2D eigenvalue weighted by Gasteiger charge is 2.78. The maximum atomic E-state index is 16.0. The number of anilines is 1. The van der Waals surface area contributed by atoms with Gasteiger partial charge in [0.25, 0.3) is 11.8 Å². The molecule has 30 heteroatoms. The Bertz CT molecular complexity index is 3750. The molecule has 2 saturated heterocycles. The lowest BCUT2D eigenvalue weighted by molar-refractivity contribution is -0.152. The summed E-state index contributed by atoms with van der Waals surface area (Å²) in [5.74, 6) is -6.42. The highest BCUT2D eigenvalue weighted by Crippen LogP contribution is 2.70. The minimum absolute atomic E-state index is 0.00754. The number of amides is 6. The summed E-state index contributed by atoms with van der Waals surface area (Å²) in [6.07, 6.45) is 8.32. The normalized spacial score (nSPS) is 18.7. The minimum Gasteiger partial charge on any atom is -0.468 e. The van der Waals surface area contributed by atoms with Gasteiger partial charge in [0.05, 0.1) is 127 Å². The Morgan fingerprint density at radius 1 is 0.787 bits per heavy atom. The second-order valence-corrected chi connectivity index (χ2v) is 25.3. The number of carbonyl (C=O) groups is 7. The monoisotopic (exact) mass is 1310 g/mol. The summed E-state index contributed by atoms with van der Waals surface area (Å²) in [4.78, 5) is 94.3. The van der Waals surface area contributed by atoms with Gasteiger partial charge in [0, 0.05) is 123 Å². The molecule has 2 atom stereocenters. The quantitative estimate of drug-likeness (QED) is 0.0343. The number of alkyl halides is 2. The van der Waals surface area contributed by atoms with Crippen LogP contribution in [0.2, 0.25) is 0 Å². The van der Waals surface area contributed by atoms with Crippen LogP contribution in [-0.4, -0.2) is 228 Å². The van der Waals surface area contributed by atoms with E-state index in [2.05, 4.69) is 41.1 Å². The summed E-state index contributed by atoms with van der Waals surface area (Å²) >= 11 is 0. The van der Waals surface area contributed by atoms with Crippen LogP contribution in [0.5, 0.6) is 0 Å². The number of nitrogens with one attached hydrogen (secondary N) is 4. The molecule has 3 aliphatic carbocycles. The molecule has 11 rings (SSSR count). The van der Waals surface area contributed by atoms with Gasteiger partial charge in [0.2, 0.25) is 29.5 Å². The van der Waals surface area contributed by atoms with Crippen LogP contribution >= 0.6 is 0 Å². The highest BCUT2D eigenvalue weighted by atomic mass is 19.3. The summed E-state index contributed by atoms with van der Waals surface area (Å²) in [7, 11) is 4.47. The molecule has 4 aromatic heterocycles. The van der Waals surface area contributed by atoms with Gasteiger partial charge in [-0.15, -0.1) is 0 Å². The molecule has 5 aliphatic rings. The molecule has 6 heterocycles. The lowest BCUT2D eigenvalue weighted by Gasteiger charge is -2.59. The van der Waals surface area contributed by atoms with Crippen molar-refractivity contribution in [2.45, 2.75) is 89.1 Å². The molecule has 4 fully saturated rings. The van der Waals surface area contributed by atoms with Gasteiger partial charge in [0.1, 0.15) is 18.9 Å². The zero-order valence-electron chi connectivity index (χ0n) is 53.4. The molecule has 0 bridgehead atoms. The molecule has 0 unspecified atom stereocenters. The number of benzene rings is 2. The molecule has 0 radical (unpaired) electrons. The van der Waals surface area contributed by atoms with Crippen molar-refractivity contribution >= 4 is 68.9 Å². The van der Waals surface area contributed by atoms with Gasteiger partial charge in [-0.2, -0.15) is 20.4 Å². The van der Waals surface area contributed by atoms with E-state index >= 15 is 4.39 Å². The van der Waals surface area contributed by atoms with Crippen LogP contribution in [-0.2, 0) is 83.6 Å². The summed E-state index contributed by atoms with van der Waals surface area (Å²) in [5.41, 5.74) is 3.57. The van der Waals surface area contributed by atoms with E-state index in [1.807, 2.05) is 17.0 Å². The van der Waals surface area contributed by atoms with Crippen LogP contribution in [0, 0.1) is 22.6 Å². The van der Waals surface area contributed by atoms with Crippen molar-refractivity contribution in [2.75, 3.05) is 131 Å². The van der Waals surface area contributed by atoms with Gasteiger partial charge >= 0.3 is 5.97 Å². The summed E-state index contributed by atoms with van der Waals surface area (Å²) < 4.78 is 82.3. The van der Waals surface area contributed by atoms with Crippen molar-refractivity contribution in [3.8, 4) is 11.1 Å². The Hall–Kier alpha value is -8.32. The summed E-state index contributed by atoms with van der Waals surface area (Å²) in [5, 5.41) is 30.1. The smallest absolute Gasteiger partial charge is 0.325 e. The fraction of sp³-hybridized carbons (Fsp3) is 0.578. The number of H-pyrrole nitrogens is 1. The van der Waals surface area contributed by atoms with Crippen molar-refractivity contribution in [1.82, 2.24) is 64.9 Å². The standard InChI is InChI=1S/C64H81F3N14O13/c1-62-31-48-46(28-51(62)64(62,66)67)60(74-73-48)61(88)72-42-33-71-80(35-42)43-10-14-78(15-11-43)55(85)12-16-90-18-20-92-22-24-94-25-23-93-21-19-91-17-13-68-52(82)8-9-54(84)79-38-63(39-79)29-41(30-63)59-58-44(45-27-50-40(26-47(45)65)32-70-77(50)3)6-5-7-49(58)81(75-59)37-56(86)76(2)36-53(83)69-34-57(87)89-4/h5-7,26-27,32-33,35,41,43,51H,8-25,28-31,34,36-39H2,1-4H3,(H,68,82)(H,69,83)(H,72,88)(H,73,74)/t51-,62+/m1/s1. The maximum Gasteiger partial charge on any atom is 0.325 e. The number of nitrogens with zero attached hydrogens (tertiary/aromatic N) is 10. The number of piperidine rings is 1. The Morgan fingerprint density at radius 2 is 1.47 bits per heavy atom. The number of hydrogen-bond donors (Lipinski definition) is 4. The van der Waals surface area contributed by atoms with Gasteiger partial charge in [-0.3, -0.25) is 52.7 Å². The van der Waals surface area contributed by atoms with Crippen LogP contribution in [0.4, 0.5) is 18.9 Å². The molecule has 2 aromatic carbocycles. The number of aromatic amines is 1. The molecule has 6 amide bonds. The first-order chi connectivity index (χ1) is 45.2. The van der Waals surface area contributed by atoms with E-state index in [0.717, 1.165) is 5.52 Å². The van der Waals surface area contributed by atoms with Crippen LogP contribution in [0.15, 0.2) is 48.9 Å². The molecule has 506 valence electrons. The summed E-state index contributed by atoms with van der Waals surface area (Å²) in [6.45, 7) is 6.59. The topological polar surface area (TPSA) is 303 Å². The van der Waals surface area contributed by atoms with Crippen molar-refractivity contribution in [3.63, 3.8) is 0 Å².